The first-order valence-corrected chi connectivity index (χ1v) is 35.6. The Bertz CT molecular complexity index is 4360. The first-order chi connectivity index (χ1) is 47.2. The topological polar surface area (TPSA) is 232 Å². The van der Waals surface area contributed by atoms with Crippen LogP contribution in [0.5, 0.6) is 17.2 Å². The van der Waals surface area contributed by atoms with Gasteiger partial charge >= 0.3 is 0 Å². The number of thioether (sulfide) groups is 2. The van der Waals surface area contributed by atoms with Crippen molar-refractivity contribution in [3.8, 4) is 29.1 Å². The summed E-state index contributed by atoms with van der Waals surface area (Å²) in [6.07, 6.45) is 5.21. The number of hydrogen-bond donors (Lipinski definition) is 3. The number of ether oxygens (including phenoxy) is 3. The van der Waals surface area contributed by atoms with Gasteiger partial charge in [-0.15, -0.1) is 11.8 Å². The largest absolute Gasteiger partial charge is 0.492 e. The summed E-state index contributed by atoms with van der Waals surface area (Å²) in [6, 6.07) is 49.1. The highest BCUT2D eigenvalue weighted by atomic mass is 35.5. The number of nitrogens with zero attached hydrogens (tertiary/aromatic N) is 5. The zero-order valence-electron chi connectivity index (χ0n) is 54.6. The molecule has 20 heteroatoms. The van der Waals surface area contributed by atoms with Crippen LogP contribution in [0.15, 0.2) is 170 Å². The maximum absolute atomic E-state index is 13.1. The Labute approximate surface area is 579 Å². The predicted octanol–water partition coefficient (Wildman–Crippen LogP) is 13.1. The summed E-state index contributed by atoms with van der Waals surface area (Å²) >= 11 is 9.43. The van der Waals surface area contributed by atoms with Crippen molar-refractivity contribution in [2.24, 2.45) is 17.2 Å². The molecule has 3 spiro atoms. The predicted molar refractivity (Wildman–Crippen MR) is 376 cm³/mol. The molecular formula is C77H79ClN8O9S2. The van der Waals surface area contributed by atoms with Crippen LogP contribution < -0.4 is 31.4 Å². The molecule has 500 valence electrons. The molecule has 6 aliphatic heterocycles. The summed E-state index contributed by atoms with van der Waals surface area (Å²) in [4.78, 5) is 53.7. The Morgan fingerprint density at radius 2 is 0.897 bits per heavy atom. The molecular weight excluding hydrogens is 1280 g/mol. The molecule has 3 amide bonds. The number of halogens is 1. The third-order valence-electron chi connectivity index (χ3n) is 19.5. The number of piperidine rings is 3. The number of fused-ring (bicyclic) bond motifs is 6. The second-order valence-corrected chi connectivity index (χ2v) is 28.1. The minimum atomic E-state index is -0.111. The molecule has 3 saturated heterocycles. The molecule has 4 aromatic heterocycles. The molecule has 0 radical (unpaired) electrons. The summed E-state index contributed by atoms with van der Waals surface area (Å²) < 4.78 is 35.4. The van der Waals surface area contributed by atoms with Crippen LogP contribution in [0.25, 0.3) is 0 Å². The summed E-state index contributed by atoms with van der Waals surface area (Å²) in [5.41, 5.74) is 28.4. The zero-order chi connectivity index (χ0) is 67.1. The van der Waals surface area contributed by atoms with Crippen LogP contribution in [0, 0.1) is 25.7 Å². The molecule has 6 N–H and O–H groups in total. The fourth-order valence-electron chi connectivity index (χ4n) is 13.8. The van der Waals surface area contributed by atoms with Gasteiger partial charge in [-0.25, -0.2) is 9.97 Å². The molecule has 0 bridgehead atoms. The van der Waals surface area contributed by atoms with Gasteiger partial charge in [0, 0.05) is 115 Å². The Balaban J connectivity index is 0.000000131. The van der Waals surface area contributed by atoms with E-state index < -0.39 is 0 Å². The fourth-order valence-corrected chi connectivity index (χ4v) is 15.7. The lowest BCUT2D eigenvalue weighted by molar-refractivity contribution is 0.0608. The summed E-state index contributed by atoms with van der Waals surface area (Å²) in [5, 5.41) is 1.30. The number of benzene rings is 5. The lowest BCUT2D eigenvalue weighted by Crippen LogP contribution is -2.46. The molecule has 0 unspecified atom stereocenters. The molecule has 0 aliphatic carbocycles. The third-order valence-corrected chi connectivity index (χ3v) is 21.7. The van der Waals surface area contributed by atoms with Gasteiger partial charge in [0.1, 0.15) is 28.8 Å². The van der Waals surface area contributed by atoms with E-state index in [0.29, 0.717) is 113 Å². The number of aromatic nitrogens is 2. The van der Waals surface area contributed by atoms with Crippen LogP contribution in [0.3, 0.4) is 0 Å². The van der Waals surface area contributed by atoms with Crippen molar-refractivity contribution in [1.29, 1.82) is 0 Å². The van der Waals surface area contributed by atoms with E-state index in [1.165, 1.54) is 34.0 Å². The van der Waals surface area contributed by atoms with Gasteiger partial charge in [0.05, 0.1) is 36.3 Å². The number of rotatable bonds is 13. The minimum absolute atomic E-state index is 0.0142. The molecule has 0 atom stereocenters. The van der Waals surface area contributed by atoms with E-state index in [9.17, 15) is 14.4 Å². The van der Waals surface area contributed by atoms with E-state index in [0.717, 1.165) is 118 Å². The van der Waals surface area contributed by atoms with Crippen LogP contribution in [0.4, 0.5) is 0 Å². The van der Waals surface area contributed by atoms with Crippen molar-refractivity contribution in [2.75, 3.05) is 59.1 Å². The molecule has 6 aliphatic rings. The summed E-state index contributed by atoms with van der Waals surface area (Å²) in [5.74, 6) is 14.0. The van der Waals surface area contributed by atoms with E-state index in [4.69, 9.17) is 56.3 Å². The lowest BCUT2D eigenvalue weighted by Gasteiger charge is -2.38. The summed E-state index contributed by atoms with van der Waals surface area (Å²) in [7, 11) is 0. The Morgan fingerprint density at radius 3 is 1.35 bits per heavy atom. The second kappa shape index (κ2) is 29.5. The van der Waals surface area contributed by atoms with Crippen LogP contribution >= 0.6 is 35.1 Å². The lowest BCUT2D eigenvalue weighted by atomic mass is 9.74. The van der Waals surface area contributed by atoms with E-state index in [-0.39, 0.29) is 34.0 Å². The highest BCUT2D eigenvalue weighted by Crippen LogP contribution is 2.49. The van der Waals surface area contributed by atoms with Gasteiger partial charge in [-0.05, 0) is 153 Å². The number of carbonyl (C=O) groups excluding carboxylic acids is 3. The molecule has 0 saturated carbocycles. The molecule has 9 aromatic rings. The van der Waals surface area contributed by atoms with Crippen molar-refractivity contribution >= 4 is 52.8 Å². The average molecular weight is 1360 g/mol. The maximum atomic E-state index is 13.1. The van der Waals surface area contributed by atoms with Crippen molar-refractivity contribution in [3.05, 3.63) is 247 Å². The summed E-state index contributed by atoms with van der Waals surface area (Å²) in [6.45, 7) is 11.5. The van der Waals surface area contributed by atoms with Gasteiger partial charge in [0.2, 0.25) is 0 Å². The average Bonchev–Trinajstić information content (AvgIpc) is 1.65. The Kier molecular flexibility index (Phi) is 20.4. The van der Waals surface area contributed by atoms with Gasteiger partial charge < -0.3 is 59.4 Å². The number of hydrogen-bond acceptors (Lipinski definition) is 16. The van der Waals surface area contributed by atoms with E-state index in [1.807, 2.05) is 113 Å². The van der Waals surface area contributed by atoms with E-state index in [1.54, 1.807) is 36.0 Å². The van der Waals surface area contributed by atoms with Crippen LogP contribution in [-0.4, -0.2) is 101 Å². The van der Waals surface area contributed by atoms with Crippen LogP contribution in [0.2, 0.25) is 5.02 Å². The fraction of sp³-hybridized carbons (Fsp3) is 0.338. The number of furan rings is 3. The van der Waals surface area contributed by atoms with Crippen molar-refractivity contribution in [3.63, 3.8) is 0 Å². The molecule has 97 heavy (non-hydrogen) atoms. The first kappa shape index (κ1) is 66.9. The third kappa shape index (κ3) is 14.9. The minimum Gasteiger partial charge on any atom is -0.492 e. The van der Waals surface area contributed by atoms with Crippen molar-refractivity contribution in [1.82, 2.24) is 24.7 Å². The molecule has 10 heterocycles. The molecule has 5 aromatic carbocycles. The quantitative estimate of drug-likeness (QED) is 0.0553. The smallest absolute Gasteiger partial charge is 0.289 e. The van der Waals surface area contributed by atoms with E-state index >= 15 is 0 Å². The second-order valence-electron chi connectivity index (χ2n) is 25.8. The van der Waals surface area contributed by atoms with E-state index in [2.05, 4.69) is 64.3 Å². The number of amides is 3. The van der Waals surface area contributed by atoms with Gasteiger partial charge in [0.25, 0.3) is 17.7 Å². The Hall–Kier alpha value is -8.74. The molecule has 3 fully saturated rings. The number of likely N-dealkylation sites (tertiary alicyclic amines) is 3. The molecule has 17 nitrogen and oxygen atoms in total. The SMILES string of the molecule is Cc1cc(C)nc(SCc2ccc(C(=O)N3CCC4(CC3)COc3ccc(CN)cc34)o2)n1.NCc1ccc2c(c1)C1(CCN(C(=O)c3ccc(C#Cc4ccccc4Cl)o3)CC1)CO2.NCc1ccc2c(c1)C1(CCN(C(=O)c3ccc(CSCc4ccccc4)o3)CC1)CO2. The highest BCUT2D eigenvalue weighted by molar-refractivity contribution is 7.98. The number of nitrogens with two attached hydrogens (primary N) is 3. The normalized spacial score (nSPS) is 16.5. The number of carbonyl (C=O) groups is 3. The van der Waals surface area contributed by atoms with Gasteiger partial charge in [0.15, 0.2) is 28.2 Å². The van der Waals surface area contributed by atoms with Crippen molar-refractivity contribution in [2.45, 2.75) is 111 Å². The first-order valence-electron chi connectivity index (χ1n) is 33.1. The van der Waals surface area contributed by atoms with Gasteiger partial charge in [-0.2, -0.15) is 0 Å². The molecule has 15 rings (SSSR count). The van der Waals surface area contributed by atoms with Crippen LogP contribution in [-0.2, 0) is 53.1 Å². The van der Waals surface area contributed by atoms with Gasteiger partial charge in [-0.3, -0.25) is 14.4 Å². The Morgan fingerprint density at radius 1 is 0.474 bits per heavy atom. The van der Waals surface area contributed by atoms with Crippen LogP contribution in [0.1, 0.15) is 143 Å². The van der Waals surface area contributed by atoms with Crippen molar-refractivity contribution < 1.29 is 41.8 Å². The highest BCUT2D eigenvalue weighted by Gasteiger charge is 2.47. The monoisotopic (exact) mass is 1360 g/mol. The zero-order valence-corrected chi connectivity index (χ0v) is 57.0. The maximum Gasteiger partial charge on any atom is 0.289 e. The standard InChI is InChI=1S/C26H23ClN2O3.C26H28N2O3S.C25H28N4O3S/c27-22-4-2-1-3-19(22)6-7-20-8-10-24(32-20)25(30)29-13-11-26(12-14-29)17-31-23-9-5-18(16-28)15-21(23)26;27-15-20-6-8-23-22(14-20)26(18-30-23)10-12-28(13-11-26)25(29)24-9-7-21(31-24)17-32-16-19-4-2-1-3-5-19;1-16-11-17(2)28-24(27-16)33-14-19-4-6-22(32-19)23(30)29-9-7-25(8-10-29)15-31-21-5-3-18(13-26)12-20(21)25/h1-5,8-10,15H,11-14,16-17,28H2;1-9,14H,10-13,15-18,27H2;3-6,11-12H,7-10,13-15,26H2,1-2H3. The number of aryl methyl sites for hydroxylation is 2. The van der Waals surface area contributed by atoms with Gasteiger partial charge in [-0.1, -0.05) is 108 Å².